The van der Waals surface area contributed by atoms with Gasteiger partial charge in [0.25, 0.3) is 0 Å². The molecule has 2 atom stereocenters. The summed E-state index contributed by atoms with van der Waals surface area (Å²) in [6.07, 6.45) is 0.709. The first-order valence-electron chi connectivity index (χ1n) is 6.66. The number of rotatable bonds is 6. The Morgan fingerprint density at radius 2 is 2.05 bits per heavy atom. The Balaban J connectivity index is 3.50. The number of carboxylic acids is 1. The second-order valence-corrected chi connectivity index (χ2v) is 4.93. The maximum absolute atomic E-state index is 12.1. The van der Waals surface area contributed by atoms with Gasteiger partial charge in [0.2, 0.25) is 0 Å². The van der Waals surface area contributed by atoms with E-state index < -0.39 is 11.9 Å². The van der Waals surface area contributed by atoms with E-state index in [-0.39, 0.29) is 11.7 Å². The molecule has 0 radical (unpaired) electrons. The molecule has 20 heavy (non-hydrogen) atoms. The fourth-order valence-electron chi connectivity index (χ4n) is 2.54. The lowest BCUT2D eigenvalue weighted by atomic mass is 9.97. The topological polar surface area (TPSA) is 81.4 Å². The minimum atomic E-state index is -0.928. The summed E-state index contributed by atoms with van der Waals surface area (Å²) in [6.45, 7) is 7.39. The number of carbonyl (C=O) groups is 1. The standard InChI is InChI=1S/C14H22N2O4/c1-6-11(7-20-5)16-10(4)12(8(2)13(17)18)9(3)15-14(16)19/h8,11H,6-7H2,1-5H3,(H,17,18). The summed E-state index contributed by atoms with van der Waals surface area (Å²) < 4.78 is 6.68. The van der Waals surface area contributed by atoms with Gasteiger partial charge in [0, 0.05) is 24.1 Å². The zero-order valence-electron chi connectivity index (χ0n) is 12.6. The van der Waals surface area contributed by atoms with E-state index >= 15 is 0 Å². The second kappa shape index (κ2) is 6.65. The number of aryl methyl sites for hydroxylation is 1. The van der Waals surface area contributed by atoms with Crippen molar-refractivity contribution in [1.82, 2.24) is 9.55 Å². The molecule has 6 heteroatoms. The summed E-state index contributed by atoms with van der Waals surface area (Å²) in [6, 6.07) is -0.139. The molecule has 0 amide bonds. The molecule has 0 saturated heterocycles. The van der Waals surface area contributed by atoms with E-state index in [1.807, 2.05) is 6.92 Å². The molecule has 0 bridgehead atoms. The highest BCUT2D eigenvalue weighted by atomic mass is 16.5. The Kier molecular flexibility index (Phi) is 5.44. The van der Waals surface area contributed by atoms with Gasteiger partial charge >= 0.3 is 11.7 Å². The van der Waals surface area contributed by atoms with Crippen LogP contribution in [0.1, 0.15) is 49.2 Å². The number of carboxylic acid groups (broad SMARTS) is 1. The van der Waals surface area contributed by atoms with Crippen LogP contribution in [0.5, 0.6) is 0 Å². The summed E-state index contributed by atoms with van der Waals surface area (Å²) in [5.41, 5.74) is 1.38. The Hall–Kier alpha value is -1.69. The largest absolute Gasteiger partial charge is 0.481 e. The third-order valence-corrected chi connectivity index (χ3v) is 3.61. The second-order valence-electron chi connectivity index (χ2n) is 4.93. The zero-order valence-corrected chi connectivity index (χ0v) is 12.6. The van der Waals surface area contributed by atoms with Gasteiger partial charge in [-0.2, -0.15) is 4.98 Å². The molecule has 1 rings (SSSR count). The molecule has 0 aliphatic heterocycles. The molecule has 0 spiro atoms. The molecule has 6 nitrogen and oxygen atoms in total. The van der Waals surface area contributed by atoms with Crippen molar-refractivity contribution in [2.75, 3.05) is 13.7 Å². The number of ether oxygens (including phenoxy) is 1. The highest BCUT2D eigenvalue weighted by Crippen LogP contribution is 2.23. The summed E-state index contributed by atoms with van der Waals surface area (Å²) in [5, 5.41) is 9.20. The van der Waals surface area contributed by atoms with Gasteiger partial charge in [-0.3, -0.25) is 9.36 Å². The van der Waals surface area contributed by atoms with Crippen molar-refractivity contribution in [1.29, 1.82) is 0 Å². The Bertz CT molecular complexity index is 551. The number of hydrogen-bond acceptors (Lipinski definition) is 4. The molecule has 0 fully saturated rings. The Morgan fingerprint density at radius 3 is 2.50 bits per heavy atom. The lowest BCUT2D eigenvalue weighted by Crippen LogP contribution is -2.33. The van der Waals surface area contributed by atoms with Crippen molar-refractivity contribution >= 4 is 5.97 Å². The lowest BCUT2D eigenvalue weighted by Gasteiger charge is -2.23. The molecule has 1 aromatic heterocycles. The Labute approximate surface area is 118 Å². The predicted octanol–water partition coefficient (Wildman–Crippen LogP) is 1.65. The van der Waals surface area contributed by atoms with Crippen LogP contribution in [0.25, 0.3) is 0 Å². The molecule has 1 N–H and O–H groups in total. The molecule has 0 aromatic carbocycles. The number of aromatic nitrogens is 2. The zero-order chi connectivity index (χ0) is 15.4. The molecule has 0 aliphatic rings. The average Bonchev–Trinajstić information content (AvgIpc) is 2.36. The van der Waals surface area contributed by atoms with Gasteiger partial charge in [0.05, 0.1) is 18.6 Å². The third-order valence-electron chi connectivity index (χ3n) is 3.61. The number of aliphatic carboxylic acids is 1. The van der Waals surface area contributed by atoms with Crippen molar-refractivity contribution in [3.8, 4) is 0 Å². The maximum Gasteiger partial charge on any atom is 0.348 e. The van der Waals surface area contributed by atoms with Gasteiger partial charge < -0.3 is 9.84 Å². The van der Waals surface area contributed by atoms with Gasteiger partial charge in [-0.05, 0) is 27.2 Å². The van der Waals surface area contributed by atoms with Crippen LogP contribution in [-0.2, 0) is 9.53 Å². The van der Waals surface area contributed by atoms with Crippen LogP contribution in [0.2, 0.25) is 0 Å². The summed E-state index contributed by atoms with van der Waals surface area (Å²) in [5.74, 6) is -1.63. The van der Waals surface area contributed by atoms with Crippen molar-refractivity contribution in [2.24, 2.45) is 0 Å². The van der Waals surface area contributed by atoms with Crippen LogP contribution in [0, 0.1) is 13.8 Å². The first-order valence-corrected chi connectivity index (χ1v) is 6.66. The van der Waals surface area contributed by atoms with Crippen molar-refractivity contribution in [3.05, 3.63) is 27.4 Å². The quantitative estimate of drug-likeness (QED) is 0.858. The van der Waals surface area contributed by atoms with Gasteiger partial charge in [-0.1, -0.05) is 6.92 Å². The molecule has 1 aromatic rings. The fraction of sp³-hybridized carbons (Fsp3) is 0.643. The molecule has 2 unspecified atom stereocenters. The summed E-state index contributed by atoms with van der Waals surface area (Å²) in [7, 11) is 1.57. The van der Waals surface area contributed by atoms with Gasteiger partial charge in [-0.15, -0.1) is 0 Å². The number of hydrogen-bond donors (Lipinski definition) is 1. The van der Waals surface area contributed by atoms with E-state index in [4.69, 9.17) is 4.74 Å². The number of nitrogens with zero attached hydrogens (tertiary/aromatic N) is 2. The molecular formula is C14H22N2O4. The van der Waals surface area contributed by atoms with E-state index in [0.717, 1.165) is 0 Å². The maximum atomic E-state index is 12.1. The van der Waals surface area contributed by atoms with E-state index in [1.165, 1.54) is 0 Å². The SMILES string of the molecule is CCC(COC)n1c(C)c(C(C)C(=O)O)c(C)nc1=O. The van der Waals surface area contributed by atoms with Crippen LogP contribution >= 0.6 is 0 Å². The predicted molar refractivity (Wildman–Crippen MR) is 75.2 cm³/mol. The van der Waals surface area contributed by atoms with Crippen LogP contribution in [-0.4, -0.2) is 34.3 Å². The van der Waals surface area contributed by atoms with Gasteiger partial charge in [-0.25, -0.2) is 4.79 Å². The molecule has 0 saturated carbocycles. The lowest BCUT2D eigenvalue weighted by molar-refractivity contribution is -0.138. The minimum absolute atomic E-state index is 0.139. The average molecular weight is 282 g/mol. The van der Waals surface area contributed by atoms with Crippen molar-refractivity contribution in [3.63, 3.8) is 0 Å². The molecule has 112 valence electrons. The van der Waals surface area contributed by atoms with E-state index in [0.29, 0.717) is 30.0 Å². The smallest absolute Gasteiger partial charge is 0.348 e. The van der Waals surface area contributed by atoms with Crippen molar-refractivity contribution in [2.45, 2.75) is 46.1 Å². The highest BCUT2D eigenvalue weighted by molar-refractivity contribution is 5.76. The van der Waals surface area contributed by atoms with Crippen LogP contribution in [0.3, 0.4) is 0 Å². The summed E-state index contributed by atoms with van der Waals surface area (Å²) >= 11 is 0. The molecule has 1 heterocycles. The first kappa shape index (κ1) is 16.4. The minimum Gasteiger partial charge on any atom is -0.481 e. The Morgan fingerprint density at radius 1 is 1.45 bits per heavy atom. The molecular weight excluding hydrogens is 260 g/mol. The van der Waals surface area contributed by atoms with E-state index in [2.05, 4.69) is 4.98 Å². The van der Waals surface area contributed by atoms with Gasteiger partial charge in [0.1, 0.15) is 0 Å². The monoisotopic (exact) mass is 282 g/mol. The number of methoxy groups -OCH3 is 1. The first-order chi connectivity index (χ1) is 9.34. The van der Waals surface area contributed by atoms with Crippen LogP contribution < -0.4 is 5.69 Å². The van der Waals surface area contributed by atoms with Crippen molar-refractivity contribution < 1.29 is 14.6 Å². The van der Waals surface area contributed by atoms with Crippen LogP contribution in [0.4, 0.5) is 0 Å². The normalized spacial score (nSPS) is 14.1. The van der Waals surface area contributed by atoms with Crippen LogP contribution in [0.15, 0.2) is 4.79 Å². The summed E-state index contributed by atoms with van der Waals surface area (Å²) in [4.78, 5) is 27.3. The highest BCUT2D eigenvalue weighted by Gasteiger charge is 2.24. The van der Waals surface area contributed by atoms with E-state index in [1.54, 1.807) is 32.4 Å². The van der Waals surface area contributed by atoms with Gasteiger partial charge in [0.15, 0.2) is 0 Å². The molecule has 0 aliphatic carbocycles. The third kappa shape index (κ3) is 3.07. The fourth-order valence-corrected chi connectivity index (χ4v) is 2.54. The van der Waals surface area contributed by atoms with E-state index in [9.17, 15) is 14.7 Å².